The first-order valence-corrected chi connectivity index (χ1v) is 7.69. The molecule has 0 aromatic carbocycles. The minimum absolute atomic E-state index is 0.0421. The molecule has 0 spiro atoms. The molecule has 2 saturated carbocycles. The van der Waals surface area contributed by atoms with Crippen molar-refractivity contribution in [2.75, 3.05) is 13.2 Å². The molecule has 2 rings (SSSR count). The number of hydrogen-bond donors (Lipinski definition) is 3. The third-order valence-corrected chi connectivity index (χ3v) is 5.45. The van der Waals surface area contributed by atoms with Crippen molar-refractivity contribution in [3.05, 3.63) is 0 Å². The second-order valence-electron chi connectivity index (χ2n) is 6.79. The maximum absolute atomic E-state index is 12.6. The average molecular weight is 284 g/mol. The number of carbonyl (C=O) groups is 1. The Morgan fingerprint density at radius 2 is 2.15 bits per heavy atom. The van der Waals surface area contributed by atoms with Crippen molar-refractivity contribution in [1.82, 2.24) is 5.32 Å². The molecule has 0 aromatic rings. The van der Waals surface area contributed by atoms with Gasteiger partial charge in [-0.15, -0.1) is 0 Å². The molecule has 5 nitrogen and oxygen atoms in total. The number of ether oxygens (including phenoxy) is 1. The van der Waals surface area contributed by atoms with Crippen LogP contribution in [-0.4, -0.2) is 41.9 Å². The van der Waals surface area contributed by atoms with E-state index < -0.39 is 5.54 Å². The second kappa shape index (κ2) is 5.62. The minimum atomic E-state index is -0.866. The third-order valence-electron chi connectivity index (χ3n) is 5.45. The van der Waals surface area contributed by atoms with Crippen LogP contribution in [0.15, 0.2) is 0 Å². The molecule has 20 heavy (non-hydrogen) atoms. The SMILES string of the molecule is CCOC1CC(N)(C(=O)NC2CCCC2CO)C1(C)C. The number of nitrogens with one attached hydrogen (secondary N) is 1. The summed E-state index contributed by atoms with van der Waals surface area (Å²) >= 11 is 0. The number of amides is 1. The highest BCUT2D eigenvalue weighted by atomic mass is 16.5. The van der Waals surface area contributed by atoms with E-state index in [0.29, 0.717) is 13.0 Å². The molecule has 1 amide bonds. The standard InChI is InChI=1S/C15H28N2O3/c1-4-20-12-8-15(16,14(12,2)3)13(19)17-11-7-5-6-10(11)9-18/h10-12,18H,4-9,16H2,1-3H3,(H,17,19). The largest absolute Gasteiger partial charge is 0.396 e. The van der Waals surface area contributed by atoms with Crippen LogP contribution in [0.1, 0.15) is 46.5 Å². The Labute approximate surface area is 121 Å². The van der Waals surface area contributed by atoms with E-state index in [9.17, 15) is 9.90 Å². The monoisotopic (exact) mass is 284 g/mol. The van der Waals surface area contributed by atoms with Crippen molar-refractivity contribution in [1.29, 1.82) is 0 Å². The molecular weight excluding hydrogens is 256 g/mol. The van der Waals surface area contributed by atoms with Crippen LogP contribution in [0.25, 0.3) is 0 Å². The van der Waals surface area contributed by atoms with E-state index in [1.807, 2.05) is 20.8 Å². The lowest BCUT2D eigenvalue weighted by molar-refractivity contribution is -0.171. The van der Waals surface area contributed by atoms with Gasteiger partial charge in [-0.25, -0.2) is 0 Å². The highest BCUT2D eigenvalue weighted by molar-refractivity contribution is 5.89. The highest BCUT2D eigenvalue weighted by Crippen LogP contribution is 2.50. The number of carbonyl (C=O) groups excluding carboxylic acids is 1. The van der Waals surface area contributed by atoms with Crippen molar-refractivity contribution in [3.8, 4) is 0 Å². The van der Waals surface area contributed by atoms with Crippen molar-refractivity contribution >= 4 is 5.91 Å². The summed E-state index contributed by atoms with van der Waals surface area (Å²) < 4.78 is 5.65. The molecule has 0 aliphatic heterocycles. The van der Waals surface area contributed by atoms with Gasteiger partial charge in [0.2, 0.25) is 5.91 Å². The van der Waals surface area contributed by atoms with E-state index in [0.717, 1.165) is 19.3 Å². The average Bonchev–Trinajstić information content (AvgIpc) is 2.85. The minimum Gasteiger partial charge on any atom is -0.396 e. The van der Waals surface area contributed by atoms with Gasteiger partial charge in [-0.05, 0) is 19.8 Å². The molecule has 0 aromatic heterocycles. The fraction of sp³-hybridized carbons (Fsp3) is 0.933. The maximum atomic E-state index is 12.6. The molecule has 0 radical (unpaired) electrons. The van der Waals surface area contributed by atoms with Crippen LogP contribution in [-0.2, 0) is 9.53 Å². The van der Waals surface area contributed by atoms with E-state index >= 15 is 0 Å². The van der Waals surface area contributed by atoms with E-state index in [1.54, 1.807) is 0 Å². The molecule has 0 saturated heterocycles. The Morgan fingerprint density at radius 3 is 2.70 bits per heavy atom. The highest BCUT2D eigenvalue weighted by Gasteiger charge is 2.63. The van der Waals surface area contributed by atoms with Gasteiger partial charge >= 0.3 is 0 Å². The topological polar surface area (TPSA) is 84.6 Å². The van der Waals surface area contributed by atoms with Gasteiger partial charge in [-0.3, -0.25) is 4.79 Å². The number of aliphatic hydroxyl groups is 1. The summed E-state index contributed by atoms with van der Waals surface area (Å²) in [5.41, 5.74) is 5.13. The van der Waals surface area contributed by atoms with Gasteiger partial charge in [0.05, 0.1) is 6.10 Å². The van der Waals surface area contributed by atoms with Crippen LogP contribution in [0.5, 0.6) is 0 Å². The lowest BCUT2D eigenvalue weighted by atomic mass is 9.54. The quantitative estimate of drug-likeness (QED) is 0.697. The van der Waals surface area contributed by atoms with Gasteiger partial charge < -0.3 is 20.9 Å². The van der Waals surface area contributed by atoms with E-state index in [-0.39, 0.29) is 36.0 Å². The molecule has 2 aliphatic rings. The molecule has 5 heteroatoms. The van der Waals surface area contributed by atoms with Crippen LogP contribution in [0.4, 0.5) is 0 Å². The van der Waals surface area contributed by atoms with E-state index in [4.69, 9.17) is 10.5 Å². The number of nitrogens with two attached hydrogens (primary N) is 1. The Hall–Kier alpha value is -0.650. The van der Waals surface area contributed by atoms with Crippen molar-refractivity contribution < 1.29 is 14.6 Å². The first kappa shape index (κ1) is 15.7. The smallest absolute Gasteiger partial charge is 0.241 e. The molecule has 4 unspecified atom stereocenters. The summed E-state index contributed by atoms with van der Waals surface area (Å²) in [5, 5.41) is 12.4. The molecule has 116 valence electrons. The first-order chi connectivity index (χ1) is 9.36. The van der Waals surface area contributed by atoms with Crippen LogP contribution in [0, 0.1) is 11.3 Å². The molecular formula is C15H28N2O3. The summed E-state index contributed by atoms with van der Waals surface area (Å²) in [7, 11) is 0. The summed E-state index contributed by atoms with van der Waals surface area (Å²) in [6.45, 7) is 6.72. The van der Waals surface area contributed by atoms with Gasteiger partial charge in [-0.2, -0.15) is 0 Å². The zero-order valence-corrected chi connectivity index (χ0v) is 12.8. The normalized spacial score (nSPS) is 39.4. The van der Waals surface area contributed by atoms with Gasteiger partial charge in [0.1, 0.15) is 5.54 Å². The number of hydrogen-bond acceptors (Lipinski definition) is 4. The summed E-state index contributed by atoms with van der Waals surface area (Å²) in [4.78, 5) is 12.6. The van der Waals surface area contributed by atoms with Gasteiger partial charge in [0.15, 0.2) is 0 Å². The lowest BCUT2D eigenvalue weighted by Crippen LogP contribution is -2.76. The molecule has 4 N–H and O–H groups in total. The van der Waals surface area contributed by atoms with E-state index in [2.05, 4.69) is 5.32 Å². The van der Waals surface area contributed by atoms with Crippen molar-refractivity contribution in [2.24, 2.45) is 17.1 Å². The molecule has 2 fully saturated rings. The Balaban J connectivity index is 1.99. The fourth-order valence-electron chi connectivity index (χ4n) is 3.56. The predicted molar refractivity (Wildman–Crippen MR) is 77.1 cm³/mol. The molecule has 0 heterocycles. The van der Waals surface area contributed by atoms with Crippen molar-refractivity contribution in [2.45, 2.75) is 64.1 Å². The van der Waals surface area contributed by atoms with Crippen LogP contribution >= 0.6 is 0 Å². The van der Waals surface area contributed by atoms with E-state index in [1.165, 1.54) is 0 Å². The third kappa shape index (κ3) is 2.36. The van der Waals surface area contributed by atoms with Gasteiger partial charge in [0, 0.05) is 37.0 Å². The Kier molecular flexibility index (Phi) is 4.42. The van der Waals surface area contributed by atoms with Crippen LogP contribution < -0.4 is 11.1 Å². The van der Waals surface area contributed by atoms with Crippen LogP contribution in [0.2, 0.25) is 0 Å². The van der Waals surface area contributed by atoms with Gasteiger partial charge in [0.25, 0.3) is 0 Å². The van der Waals surface area contributed by atoms with Crippen LogP contribution in [0.3, 0.4) is 0 Å². The zero-order chi connectivity index (χ0) is 15.0. The Morgan fingerprint density at radius 1 is 1.45 bits per heavy atom. The number of aliphatic hydroxyl groups excluding tert-OH is 1. The fourth-order valence-corrected chi connectivity index (χ4v) is 3.56. The predicted octanol–water partition coefficient (Wildman–Crippen LogP) is 0.796. The van der Waals surface area contributed by atoms with Gasteiger partial charge in [-0.1, -0.05) is 20.3 Å². The summed E-state index contributed by atoms with van der Waals surface area (Å²) in [5.74, 6) is 0.0808. The second-order valence-corrected chi connectivity index (χ2v) is 6.79. The molecule has 4 atom stereocenters. The molecule has 2 aliphatic carbocycles. The lowest BCUT2D eigenvalue weighted by Gasteiger charge is -2.57. The number of rotatable bonds is 5. The molecule has 0 bridgehead atoms. The van der Waals surface area contributed by atoms with Crippen molar-refractivity contribution in [3.63, 3.8) is 0 Å². The maximum Gasteiger partial charge on any atom is 0.241 e. The first-order valence-electron chi connectivity index (χ1n) is 7.69. The zero-order valence-electron chi connectivity index (χ0n) is 12.8. The summed E-state index contributed by atoms with van der Waals surface area (Å²) in [6.07, 6.45) is 3.57. The summed E-state index contributed by atoms with van der Waals surface area (Å²) in [6, 6.07) is 0.0647. The Bertz CT molecular complexity index is 372.